The topological polar surface area (TPSA) is 72.9 Å². The van der Waals surface area contributed by atoms with E-state index in [2.05, 4.69) is 10.4 Å². The quantitative estimate of drug-likeness (QED) is 0.832. The van der Waals surface area contributed by atoms with E-state index in [0.717, 1.165) is 36.2 Å². The number of carbonyl (C=O) groups excluding carboxylic acids is 1. The molecule has 2 atom stereocenters. The molecular weight excluding hydrogens is 228 g/mol. The summed E-state index contributed by atoms with van der Waals surface area (Å²) in [5.41, 5.74) is 9.04. The van der Waals surface area contributed by atoms with Gasteiger partial charge in [0.15, 0.2) is 0 Å². The lowest BCUT2D eigenvalue weighted by atomic mass is 10.1. The van der Waals surface area contributed by atoms with Crippen molar-refractivity contribution in [3.63, 3.8) is 0 Å². The highest BCUT2D eigenvalue weighted by atomic mass is 16.1. The van der Waals surface area contributed by atoms with E-state index < -0.39 is 0 Å². The fourth-order valence-electron chi connectivity index (χ4n) is 2.65. The molecule has 3 N–H and O–H groups in total. The summed E-state index contributed by atoms with van der Waals surface area (Å²) in [6.07, 6.45) is 2.69. The zero-order valence-electron chi connectivity index (χ0n) is 11.4. The van der Waals surface area contributed by atoms with E-state index in [-0.39, 0.29) is 17.9 Å². The number of rotatable bonds is 3. The van der Waals surface area contributed by atoms with Crippen molar-refractivity contribution < 1.29 is 4.79 Å². The first-order chi connectivity index (χ1) is 8.49. The highest BCUT2D eigenvalue weighted by Gasteiger charge is 2.27. The number of nitrogens with zero attached hydrogens (tertiary/aromatic N) is 2. The van der Waals surface area contributed by atoms with Gasteiger partial charge in [-0.3, -0.25) is 9.48 Å². The molecule has 0 spiro atoms. The zero-order chi connectivity index (χ0) is 13.3. The fourth-order valence-corrected chi connectivity index (χ4v) is 2.65. The van der Waals surface area contributed by atoms with Gasteiger partial charge in [0.2, 0.25) is 5.91 Å². The zero-order valence-corrected chi connectivity index (χ0v) is 11.4. The molecule has 0 saturated heterocycles. The minimum atomic E-state index is 0.0947. The summed E-state index contributed by atoms with van der Waals surface area (Å²) in [6.45, 7) is 4.56. The number of hydrogen-bond acceptors (Lipinski definition) is 3. The number of aromatic nitrogens is 2. The third-order valence-electron chi connectivity index (χ3n) is 3.94. The first-order valence-corrected chi connectivity index (χ1v) is 6.51. The maximum atomic E-state index is 12.0. The molecule has 2 rings (SSSR count). The van der Waals surface area contributed by atoms with Crippen molar-refractivity contribution >= 4 is 5.91 Å². The molecule has 0 bridgehead atoms. The van der Waals surface area contributed by atoms with Crippen LogP contribution in [0.3, 0.4) is 0 Å². The molecule has 5 heteroatoms. The van der Waals surface area contributed by atoms with E-state index in [1.54, 1.807) is 0 Å². The number of hydrogen-bond donors (Lipinski definition) is 2. The Kier molecular flexibility index (Phi) is 3.71. The molecule has 1 aromatic heterocycles. The van der Waals surface area contributed by atoms with Crippen LogP contribution in [0.4, 0.5) is 0 Å². The van der Waals surface area contributed by atoms with Gasteiger partial charge in [0.25, 0.3) is 0 Å². The highest BCUT2D eigenvalue weighted by Crippen LogP contribution is 2.24. The molecular formula is C13H22N4O. The third-order valence-corrected chi connectivity index (χ3v) is 3.94. The van der Waals surface area contributed by atoms with Gasteiger partial charge < -0.3 is 11.1 Å². The van der Waals surface area contributed by atoms with Crippen LogP contribution in [0.25, 0.3) is 0 Å². The molecule has 1 aliphatic carbocycles. The van der Waals surface area contributed by atoms with E-state index in [1.165, 1.54) is 0 Å². The van der Waals surface area contributed by atoms with Gasteiger partial charge in [-0.25, -0.2) is 0 Å². The van der Waals surface area contributed by atoms with Gasteiger partial charge in [0, 0.05) is 36.8 Å². The van der Waals surface area contributed by atoms with Crippen molar-refractivity contribution in [2.24, 2.45) is 18.7 Å². The Bertz CT molecular complexity index is 452. The lowest BCUT2D eigenvalue weighted by Gasteiger charge is -2.11. The number of amides is 1. The van der Waals surface area contributed by atoms with Gasteiger partial charge in [0.1, 0.15) is 0 Å². The molecule has 0 radical (unpaired) electrons. The number of aryl methyl sites for hydroxylation is 2. The summed E-state index contributed by atoms with van der Waals surface area (Å²) in [5, 5.41) is 7.35. The number of nitrogens with one attached hydrogen (secondary N) is 1. The summed E-state index contributed by atoms with van der Waals surface area (Å²) < 4.78 is 1.85. The average molecular weight is 250 g/mol. The first kappa shape index (κ1) is 13.1. The summed E-state index contributed by atoms with van der Waals surface area (Å²) in [5.74, 6) is 0.225. The van der Waals surface area contributed by atoms with Crippen LogP contribution in [-0.4, -0.2) is 21.7 Å². The number of carbonyl (C=O) groups is 1. The predicted molar refractivity (Wildman–Crippen MR) is 69.8 cm³/mol. The molecule has 100 valence electrons. The maximum absolute atomic E-state index is 12.0. The van der Waals surface area contributed by atoms with Crippen LogP contribution >= 0.6 is 0 Å². The monoisotopic (exact) mass is 250 g/mol. The van der Waals surface area contributed by atoms with Crippen molar-refractivity contribution in [3.8, 4) is 0 Å². The molecule has 1 fully saturated rings. The maximum Gasteiger partial charge on any atom is 0.223 e. The van der Waals surface area contributed by atoms with Crippen molar-refractivity contribution in [2.75, 3.05) is 0 Å². The summed E-state index contributed by atoms with van der Waals surface area (Å²) in [7, 11) is 1.92. The minimum Gasteiger partial charge on any atom is -0.352 e. The molecule has 0 aliphatic heterocycles. The van der Waals surface area contributed by atoms with Crippen molar-refractivity contribution in [2.45, 2.75) is 45.7 Å². The summed E-state index contributed by atoms with van der Waals surface area (Å²) in [4.78, 5) is 12.0. The van der Waals surface area contributed by atoms with Gasteiger partial charge in [-0.2, -0.15) is 5.10 Å². The average Bonchev–Trinajstić information content (AvgIpc) is 2.83. The Balaban J connectivity index is 1.93. The second-order valence-electron chi connectivity index (χ2n) is 5.26. The molecule has 18 heavy (non-hydrogen) atoms. The molecule has 2 unspecified atom stereocenters. The summed E-state index contributed by atoms with van der Waals surface area (Å²) >= 11 is 0. The molecule has 1 amide bonds. The van der Waals surface area contributed by atoms with Crippen LogP contribution < -0.4 is 11.1 Å². The Morgan fingerprint density at radius 1 is 1.50 bits per heavy atom. The van der Waals surface area contributed by atoms with E-state index >= 15 is 0 Å². The molecule has 0 aromatic carbocycles. The smallest absolute Gasteiger partial charge is 0.223 e. The Hall–Kier alpha value is -1.36. The second kappa shape index (κ2) is 5.10. The van der Waals surface area contributed by atoms with Crippen molar-refractivity contribution in [3.05, 3.63) is 17.0 Å². The lowest BCUT2D eigenvalue weighted by Crippen LogP contribution is -2.30. The molecule has 5 nitrogen and oxygen atoms in total. The highest BCUT2D eigenvalue weighted by molar-refractivity contribution is 5.79. The van der Waals surface area contributed by atoms with E-state index in [4.69, 9.17) is 5.73 Å². The van der Waals surface area contributed by atoms with Crippen LogP contribution in [0.15, 0.2) is 0 Å². The largest absolute Gasteiger partial charge is 0.352 e. The van der Waals surface area contributed by atoms with Gasteiger partial charge in [0.05, 0.1) is 5.69 Å². The van der Waals surface area contributed by atoms with Crippen molar-refractivity contribution in [1.29, 1.82) is 0 Å². The standard InChI is InChI=1S/C13H22N4O/c1-8-12(9(2)17(3)16-8)7-15-13(18)10-4-5-11(14)6-10/h10-11H,4-7,14H2,1-3H3,(H,15,18). The second-order valence-corrected chi connectivity index (χ2v) is 5.26. The summed E-state index contributed by atoms with van der Waals surface area (Å²) in [6, 6.07) is 0.197. The minimum absolute atomic E-state index is 0.0947. The van der Waals surface area contributed by atoms with Gasteiger partial charge in [-0.05, 0) is 33.1 Å². The van der Waals surface area contributed by atoms with Crippen LogP contribution in [0, 0.1) is 19.8 Å². The third kappa shape index (κ3) is 2.56. The fraction of sp³-hybridized carbons (Fsp3) is 0.692. The molecule has 1 saturated carbocycles. The molecule has 1 aliphatic rings. The van der Waals surface area contributed by atoms with E-state index in [0.29, 0.717) is 6.54 Å². The van der Waals surface area contributed by atoms with Gasteiger partial charge >= 0.3 is 0 Å². The normalized spacial score (nSPS) is 23.3. The van der Waals surface area contributed by atoms with Gasteiger partial charge in [-0.15, -0.1) is 0 Å². The van der Waals surface area contributed by atoms with E-state index in [9.17, 15) is 4.79 Å². The lowest BCUT2D eigenvalue weighted by molar-refractivity contribution is -0.125. The molecule has 1 heterocycles. The van der Waals surface area contributed by atoms with Crippen LogP contribution in [0.1, 0.15) is 36.2 Å². The predicted octanol–water partition coefficient (Wildman–Crippen LogP) is 0.781. The number of nitrogens with two attached hydrogens (primary N) is 1. The SMILES string of the molecule is Cc1nn(C)c(C)c1CNC(=O)C1CCC(N)C1. The Labute approximate surface area is 108 Å². The van der Waals surface area contributed by atoms with Crippen molar-refractivity contribution in [1.82, 2.24) is 15.1 Å². The van der Waals surface area contributed by atoms with E-state index in [1.807, 2.05) is 25.6 Å². The molecule has 1 aromatic rings. The van der Waals surface area contributed by atoms with Crippen LogP contribution in [0.2, 0.25) is 0 Å². The van der Waals surface area contributed by atoms with Gasteiger partial charge in [-0.1, -0.05) is 0 Å². The first-order valence-electron chi connectivity index (χ1n) is 6.51. The van der Waals surface area contributed by atoms with Crippen LogP contribution in [-0.2, 0) is 18.4 Å². The Morgan fingerprint density at radius 2 is 2.22 bits per heavy atom. The Morgan fingerprint density at radius 3 is 2.72 bits per heavy atom. The van der Waals surface area contributed by atoms with Crippen LogP contribution in [0.5, 0.6) is 0 Å².